The normalized spacial score (nSPS) is 21.8. The highest BCUT2D eigenvalue weighted by Gasteiger charge is 2.29. The van der Waals surface area contributed by atoms with Gasteiger partial charge in [0, 0.05) is 11.6 Å². The number of rotatable bonds is 5. The lowest BCUT2D eigenvalue weighted by Crippen LogP contribution is -2.46. The van der Waals surface area contributed by atoms with Gasteiger partial charge >= 0.3 is 0 Å². The number of hydrogen-bond acceptors (Lipinski definition) is 6. The largest absolute Gasteiger partial charge is 0.496 e. The molecule has 1 fully saturated rings. The SMILES string of the molecule is COc1cc(-c2noc(CN3CCCC(C)C3CO)n2)ccc1C. The van der Waals surface area contributed by atoms with Crippen molar-refractivity contribution in [2.75, 3.05) is 20.3 Å². The number of hydrogen-bond donors (Lipinski definition) is 1. The molecule has 0 spiro atoms. The molecule has 6 heteroatoms. The number of aryl methyl sites for hydroxylation is 1. The Bertz CT molecular complexity index is 686. The molecular weight excluding hydrogens is 306 g/mol. The molecule has 130 valence electrons. The van der Waals surface area contributed by atoms with Crippen LogP contribution >= 0.6 is 0 Å². The average molecular weight is 331 g/mol. The summed E-state index contributed by atoms with van der Waals surface area (Å²) in [6, 6.07) is 6.03. The number of aromatic nitrogens is 2. The van der Waals surface area contributed by atoms with E-state index < -0.39 is 0 Å². The molecule has 1 aromatic heterocycles. The van der Waals surface area contributed by atoms with Crippen LogP contribution in [0.25, 0.3) is 11.4 Å². The highest BCUT2D eigenvalue weighted by Crippen LogP contribution is 2.27. The fourth-order valence-corrected chi connectivity index (χ4v) is 3.40. The zero-order valence-electron chi connectivity index (χ0n) is 14.5. The van der Waals surface area contributed by atoms with Crippen molar-refractivity contribution in [2.45, 2.75) is 39.3 Å². The van der Waals surface area contributed by atoms with E-state index in [2.05, 4.69) is 22.0 Å². The number of nitrogens with zero attached hydrogens (tertiary/aromatic N) is 3. The first-order chi connectivity index (χ1) is 11.6. The molecule has 0 aliphatic carbocycles. The van der Waals surface area contributed by atoms with E-state index in [4.69, 9.17) is 9.26 Å². The Labute approximate surface area is 142 Å². The number of aliphatic hydroxyl groups is 1. The van der Waals surface area contributed by atoms with Crippen LogP contribution in [-0.2, 0) is 6.54 Å². The molecule has 24 heavy (non-hydrogen) atoms. The maximum atomic E-state index is 9.65. The Kier molecular flexibility index (Phi) is 5.16. The second-order valence-corrected chi connectivity index (χ2v) is 6.54. The second kappa shape index (κ2) is 7.32. The molecule has 0 amide bonds. The lowest BCUT2D eigenvalue weighted by atomic mass is 9.91. The van der Waals surface area contributed by atoms with Gasteiger partial charge < -0.3 is 14.4 Å². The van der Waals surface area contributed by atoms with E-state index in [0.29, 0.717) is 24.2 Å². The van der Waals surface area contributed by atoms with Gasteiger partial charge in [0.1, 0.15) is 5.75 Å². The number of likely N-dealkylation sites (tertiary alicyclic amines) is 1. The van der Waals surface area contributed by atoms with Crippen molar-refractivity contribution in [1.82, 2.24) is 15.0 Å². The van der Waals surface area contributed by atoms with Crippen LogP contribution in [0.15, 0.2) is 22.7 Å². The van der Waals surface area contributed by atoms with Crippen molar-refractivity contribution in [1.29, 1.82) is 0 Å². The molecule has 1 aliphatic heterocycles. The summed E-state index contributed by atoms with van der Waals surface area (Å²) in [6.07, 6.45) is 2.29. The Balaban J connectivity index is 1.76. The smallest absolute Gasteiger partial charge is 0.241 e. The molecule has 1 N–H and O–H groups in total. The summed E-state index contributed by atoms with van der Waals surface area (Å²) in [7, 11) is 1.65. The third-order valence-corrected chi connectivity index (χ3v) is 4.89. The van der Waals surface area contributed by atoms with Crippen molar-refractivity contribution < 1.29 is 14.4 Å². The number of benzene rings is 1. The van der Waals surface area contributed by atoms with Crippen molar-refractivity contribution in [3.05, 3.63) is 29.7 Å². The van der Waals surface area contributed by atoms with E-state index in [1.165, 1.54) is 0 Å². The molecular formula is C18H25N3O3. The molecule has 1 aromatic carbocycles. The molecule has 1 saturated heterocycles. The van der Waals surface area contributed by atoms with E-state index in [1.54, 1.807) is 7.11 Å². The Morgan fingerprint density at radius 1 is 1.42 bits per heavy atom. The quantitative estimate of drug-likeness (QED) is 0.908. The number of aliphatic hydroxyl groups excluding tert-OH is 1. The monoisotopic (exact) mass is 331 g/mol. The van der Waals surface area contributed by atoms with Gasteiger partial charge in [-0.25, -0.2) is 0 Å². The maximum Gasteiger partial charge on any atom is 0.241 e. The summed E-state index contributed by atoms with van der Waals surface area (Å²) in [4.78, 5) is 6.75. The summed E-state index contributed by atoms with van der Waals surface area (Å²) in [5, 5.41) is 13.8. The van der Waals surface area contributed by atoms with E-state index in [9.17, 15) is 5.11 Å². The molecule has 6 nitrogen and oxygen atoms in total. The van der Waals surface area contributed by atoms with Crippen LogP contribution in [0.4, 0.5) is 0 Å². The molecule has 2 heterocycles. The lowest BCUT2D eigenvalue weighted by Gasteiger charge is -2.38. The van der Waals surface area contributed by atoms with E-state index in [1.807, 2.05) is 25.1 Å². The first-order valence-corrected chi connectivity index (χ1v) is 8.45. The molecule has 2 unspecified atom stereocenters. The highest BCUT2D eigenvalue weighted by molar-refractivity contribution is 5.58. The van der Waals surface area contributed by atoms with Gasteiger partial charge in [-0.3, -0.25) is 4.90 Å². The van der Waals surface area contributed by atoms with Crippen LogP contribution in [0.5, 0.6) is 5.75 Å². The van der Waals surface area contributed by atoms with Crippen LogP contribution in [-0.4, -0.2) is 46.5 Å². The minimum Gasteiger partial charge on any atom is -0.496 e. The van der Waals surface area contributed by atoms with Crippen LogP contribution in [0.1, 0.15) is 31.2 Å². The van der Waals surface area contributed by atoms with Gasteiger partial charge in [-0.1, -0.05) is 24.2 Å². The molecule has 0 bridgehead atoms. The third kappa shape index (κ3) is 3.44. The molecule has 0 saturated carbocycles. The summed E-state index contributed by atoms with van der Waals surface area (Å²) in [5.41, 5.74) is 1.94. The minimum atomic E-state index is 0.161. The zero-order chi connectivity index (χ0) is 17.1. The first kappa shape index (κ1) is 16.9. The number of methoxy groups -OCH3 is 1. The van der Waals surface area contributed by atoms with Crippen LogP contribution in [0.2, 0.25) is 0 Å². The molecule has 1 aliphatic rings. The van der Waals surface area contributed by atoms with Gasteiger partial charge in [-0.2, -0.15) is 4.98 Å². The van der Waals surface area contributed by atoms with Gasteiger partial charge in [0.2, 0.25) is 11.7 Å². The minimum absolute atomic E-state index is 0.161. The highest BCUT2D eigenvalue weighted by atomic mass is 16.5. The fourth-order valence-electron chi connectivity index (χ4n) is 3.40. The van der Waals surface area contributed by atoms with E-state index >= 15 is 0 Å². The summed E-state index contributed by atoms with van der Waals surface area (Å²) < 4.78 is 10.8. The van der Waals surface area contributed by atoms with Gasteiger partial charge in [-0.05, 0) is 43.9 Å². The average Bonchev–Trinajstić information content (AvgIpc) is 3.04. The molecule has 2 aromatic rings. The number of piperidine rings is 1. The lowest BCUT2D eigenvalue weighted by molar-refractivity contribution is 0.0400. The maximum absolute atomic E-state index is 9.65. The Morgan fingerprint density at radius 3 is 3.00 bits per heavy atom. The predicted octanol–water partition coefficient (Wildman–Crippen LogP) is 2.65. The number of ether oxygens (including phenoxy) is 1. The third-order valence-electron chi connectivity index (χ3n) is 4.89. The van der Waals surface area contributed by atoms with Crippen LogP contribution in [0.3, 0.4) is 0 Å². The van der Waals surface area contributed by atoms with E-state index in [0.717, 1.165) is 36.3 Å². The van der Waals surface area contributed by atoms with Crippen molar-refractivity contribution >= 4 is 0 Å². The summed E-state index contributed by atoms with van der Waals surface area (Å²) >= 11 is 0. The van der Waals surface area contributed by atoms with Gasteiger partial charge in [-0.15, -0.1) is 0 Å². The predicted molar refractivity (Wildman–Crippen MR) is 90.7 cm³/mol. The molecule has 0 radical (unpaired) electrons. The van der Waals surface area contributed by atoms with Gasteiger partial charge in [0.05, 0.1) is 20.3 Å². The van der Waals surface area contributed by atoms with Crippen LogP contribution in [0, 0.1) is 12.8 Å². The second-order valence-electron chi connectivity index (χ2n) is 6.54. The Hall–Kier alpha value is -1.92. The van der Waals surface area contributed by atoms with E-state index in [-0.39, 0.29) is 12.6 Å². The fraction of sp³-hybridized carbons (Fsp3) is 0.556. The molecule has 3 rings (SSSR count). The molecule has 2 atom stereocenters. The zero-order valence-corrected chi connectivity index (χ0v) is 14.5. The van der Waals surface area contributed by atoms with Crippen molar-refractivity contribution in [2.24, 2.45) is 5.92 Å². The Morgan fingerprint density at radius 2 is 2.25 bits per heavy atom. The standard InChI is InChI=1S/C18H25N3O3/c1-12-5-4-8-21(15(12)11-22)10-17-19-18(20-24-17)14-7-6-13(2)16(9-14)23-3/h6-7,9,12,15,22H,4-5,8,10-11H2,1-3H3. The van der Waals surface area contributed by atoms with Gasteiger partial charge in [0.15, 0.2) is 0 Å². The van der Waals surface area contributed by atoms with Gasteiger partial charge in [0.25, 0.3) is 0 Å². The van der Waals surface area contributed by atoms with Crippen molar-refractivity contribution in [3.63, 3.8) is 0 Å². The van der Waals surface area contributed by atoms with Crippen molar-refractivity contribution in [3.8, 4) is 17.1 Å². The first-order valence-electron chi connectivity index (χ1n) is 8.45. The summed E-state index contributed by atoms with van der Waals surface area (Å²) in [5.74, 6) is 2.43. The summed E-state index contributed by atoms with van der Waals surface area (Å²) in [6.45, 7) is 5.87. The van der Waals surface area contributed by atoms with Crippen LogP contribution < -0.4 is 4.74 Å². The topological polar surface area (TPSA) is 71.6 Å².